The Morgan fingerprint density at radius 2 is 1.45 bits per heavy atom. The summed E-state index contributed by atoms with van der Waals surface area (Å²) in [4.78, 5) is 70.8. The number of nitro benzene ring substituents is 1. The number of nitro groups is 1. The highest BCUT2D eigenvalue weighted by Gasteiger charge is 2.66. The molecule has 11 nitrogen and oxygen atoms in total. The Morgan fingerprint density at radius 1 is 0.830 bits per heavy atom. The molecule has 0 radical (unpaired) electrons. The molecule has 8 rings (SSSR count). The molecule has 266 valence electrons. The van der Waals surface area contributed by atoms with Crippen molar-refractivity contribution in [2.24, 2.45) is 23.7 Å². The summed E-state index contributed by atoms with van der Waals surface area (Å²) in [6, 6.07) is 26.7. The molecule has 1 N–H and O–H groups in total. The van der Waals surface area contributed by atoms with Crippen LogP contribution in [0.4, 0.5) is 11.4 Å². The molecule has 4 aromatic carbocycles. The predicted molar refractivity (Wildman–Crippen MR) is 193 cm³/mol. The van der Waals surface area contributed by atoms with E-state index in [1.165, 1.54) is 44.6 Å². The number of aromatic hydroxyl groups is 1. The molecule has 6 atom stereocenters. The molecule has 1 saturated heterocycles. The van der Waals surface area contributed by atoms with Crippen molar-refractivity contribution < 1.29 is 38.7 Å². The molecule has 4 aromatic rings. The third-order valence-corrected chi connectivity index (χ3v) is 11.5. The standard InChI is InChI=1S/C42H34N2O9/c1-52-33-19-24(20-34(53-2)39(33)47)37-28-17-18-29-36(41(49)43(40(29)48)26-13-15-27(16-14-26)44(50)51)31(28)21-32-38(46)30(23-9-5-3-6-10-23)22-35(45)42(32,37)25-11-7-4-8-12-25/h3-17,19-20,22,29,31-32,36-37,47H,18,21H2,1-2H3. The Labute approximate surface area is 304 Å². The zero-order valence-corrected chi connectivity index (χ0v) is 28.8. The molecule has 3 aliphatic carbocycles. The number of phenolic OH excluding ortho intramolecular Hbond substituents is 1. The topological polar surface area (TPSA) is 153 Å². The van der Waals surface area contributed by atoms with Crippen LogP contribution in [0, 0.1) is 33.8 Å². The molecular formula is C42H34N2O9. The number of non-ortho nitro benzene ring substituents is 1. The van der Waals surface area contributed by atoms with Crippen molar-refractivity contribution in [3.8, 4) is 17.2 Å². The summed E-state index contributed by atoms with van der Waals surface area (Å²) >= 11 is 0. The summed E-state index contributed by atoms with van der Waals surface area (Å²) in [5, 5.41) is 22.3. The second kappa shape index (κ2) is 12.7. The summed E-state index contributed by atoms with van der Waals surface area (Å²) in [6.45, 7) is 0. The largest absolute Gasteiger partial charge is 0.502 e. The van der Waals surface area contributed by atoms with Gasteiger partial charge in [0.05, 0.1) is 42.1 Å². The highest BCUT2D eigenvalue weighted by Crippen LogP contribution is 2.64. The number of methoxy groups -OCH3 is 2. The second-order valence-corrected chi connectivity index (χ2v) is 13.8. The number of anilines is 1. The Kier molecular flexibility index (Phi) is 8.09. The summed E-state index contributed by atoms with van der Waals surface area (Å²) < 4.78 is 11.2. The van der Waals surface area contributed by atoms with Crippen molar-refractivity contribution in [3.05, 3.63) is 142 Å². The number of ketones is 2. The average molecular weight is 711 g/mol. The van der Waals surface area contributed by atoms with Crippen LogP contribution in [-0.4, -0.2) is 47.6 Å². The number of phenols is 1. The number of fused-ring (bicyclic) bond motifs is 4. The van der Waals surface area contributed by atoms with Crippen LogP contribution in [0.3, 0.4) is 0 Å². The summed E-state index contributed by atoms with van der Waals surface area (Å²) in [7, 11) is 2.81. The molecule has 2 amide bonds. The van der Waals surface area contributed by atoms with Crippen LogP contribution in [0.5, 0.6) is 17.2 Å². The lowest BCUT2D eigenvalue weighted by Gasteiger charge is -2.55. The number of benzene rings is 4. The molecule has 53 heavy (non-hydrogen) atoms. The minimum absolute atomic E-state index is 0.0992. The highest BCUT2D eigenvalue weighted by atomic mass is 16.6. The monoisotopic (exact) mass is 710 g/mol. The molecule has 2 fully saturated rings. The number of nitrogens with zero attached hydrogens (tertiary/aromatic N) is 2. The fourth-order valence-electron chi connectivity index (χ4n) is 9.31. The van der Waals surface area contributed by atoms with E-state index in [0.29, 0.717) is 16.7 Å². The lowest BCUT2D eigenvalue weighted by molar-refractivity contribution is -0.384. The van der Waals surface area contributed by atoms with Gasteiger partial charge in [-0.15, -0.1) is 0 Å². The van der Waals surface area contributed by atoms with Crippen molar-refractivity contribution in [3.63, 3.8) is 0 Å². The van der Waals surface area contributed by atoms with Crippen molar-refractivity contribution in [2.45, 2.75) is 24.2 Å². The Bertz CT molecular complexity index is 2240. The molecule has 0 bridgehead atoms. The Morgan fingerprint density at radius 3 is 2.06 bits per heavy atom. The van der Waals surface area contributed by atoms with Crippen LogP contribution in [0.15, 0.2) is 115 Å². The number of hydrogen-bond donors (Lipinski definition) is 1. The lowest BCUT2D eigenvalue weighted by Crippen LogP contribution is -2.58. The molecule has 0 spiro atoms. The van der Waals surface area contributed by atoms with Crippen LogP contribution in [0.2, 0.25) is 0 Å². The molecule has 1 heterocycles. The molecule has 11 heteroatoms. The van der Waals surface area contributed by atoms with Gasteiger partial charge in [0, 0.05) is 29.5 Å². The Balaban J connectivity index is 1.36. The van der Waals surface area contributed by atoms with Crippen molar-refractivity contribution >= 4 is 40.3 Å². The van der Waals surface area contributed by atoms with Gasteiger partial charge >= 0.3 is 0 Å². The first-order valence-electron chi connectivity index (χ1n) is 17.3. The number of Topliss-reactive ketones (excluding diaryl/α,β-unsaturated/α-hetero) is 1. The first-order chi connectivity index (χ1) is 25.6. The van der Waals surface area contributed by atoms with Gasteiger partial charge < -0.3 is 14.6 Å². The smallest absolute Gasteiger partial charge is 0.269 e. The highest BCUT2D eigenvalue weighted by molar-refractivity contribution is 6.32. The summed E-state index contributed by atoms with van der Waals surface area (Å²) in [5.41, 5.74) is 1.30. The van der Waals surface area contributed by atoms with Gasteiger partial charge in [0.1, 0.15) is 0 Å². The van der Waals surface area contributed by atoms with E-state index < -0.39 is 51.7 Å². The van der Waals surface area contributed by atoms with E-state index >= 15 is 9.59 Å². The predicted octanol–water partition coefficient (Wildman–Crippen LogP) is 6.35. The first-order valence-corrected chi connectivity index (χ1v) is 17.3. The molecule has 4 aliphatic rings. The van der Waals surface area contributed by atoms with Crippen LogP contribution < -0.4 is 14.4 Å². The van der Waals surface area contributed by atoms with E-state index in [-0.39, 0.29) is 58.6 Å². The van der Waals surface area contributed by atoms with Gasteiger partial charge in [-0.3, -0.25) is 34.2 Å². The van der Waals surface area contributed by atoms with Gasteiger partial charge in [-0.25, -0.2) is 0 Å². The maximum absolute atomic E-state index is 15.2. The van der Waals surface area contributed by atoms with E-state index in [0.717, 1.165) is 10.5 Å². The van der Waals surface area contributed by atoms with Crippen molar-refractivity contribution in [1.82, 2.24) is 0 Å². The normalized spacial score (nSPS) is 26.2. The van der Waals surface area contributed by atoms with E-state index in [2.05, 4.69) is 0 Å². The van der Waals surface area contributed by atoms with E-state index in [4.69, 9.17) is 9.47 Å². The molecule has 6 unspecified atom stereocenters. The van der Waals surface area contributed by atoms with Crippen LogP contribution in [-0.2, 0) is 24.6 Å². The zero-order valence-electron chi connectivity index (χ0n) is 28.8. The van der Waals surface area contributed by atoms with Crippen LogP contribution >= 0.6 is 0 Å². The summed E-state index contributed by atoms with van der Waals surface area (Å²) in [6.07, 6.45) is 3.67. The van der Waals surface area contributed by atoms with Gasteiger partial charge in [0.2, 0.25) is 17.6 Å². The number of allylic oxidation sites excluding steroid dienone is 4. The lowest BCUT2D eigenvalue weighted by atomic mass is 9.44. The van der Waals surface area contributed by atoms with E-state index in [9.17, 15) is 24.8 Å². The SMILES string of the molecule is COc1cc(C2C3=CCC4C(=O)N(c5ccc([N+](=O)[O-])cc5)C(=O)C4C3CC3C(=O)C(c4ccccc4)=CC(=O)C32c2ccccc2)cc(OC)c1O. The van der Waals surface area contributed by atoms with Gasteiger partial charge in [-0.05, 0) is 65.8 Å². The number of rotatable bonds is 7. The number of amides is 2. The third-order valence-electron chi connectivity index (χ3n) is 11.5. The maximum Gasteiger partial charge on any atom is 0.269 e. The minimum atomic E-state index is -1.48. The quantitative estimate of drug-likeness (QED) is 0.100. The second-order valence-electron chi connectivity index (χ2n) is 13.8. The molecule has 1 aliphatic heterocycles. The zero-order chi connectivity index (χ0) is 37.2. The van der Waals surface area contributed by atoms with Gasteiger partial charge in [-0.1, -0.05) is 72.3 Å². The molecule has 0 aromatic heterocycles. The van der Waals surface area contributed by atoms with Gasteiger partial charge in [-0.2, -0.15) is 0 Å². The minimum Gasteiger partial charge on any atom is -0.502 e. The Hall–Kier alpha value is -6.36. The van der Waals surface area contributed by atoms with Crippen molar-refractivity contribution in [2.75, 3.05) is 19.1 Å². The number of imide groups is 1. The van der Waals surface area contributed by atoms with Crippen LogP contribution in [0.1, 0.15) is 35.4 Å². The first kappa shape index (κ1) is 33.8. The number of carbonyl (C=O) groups is 4. The third kappa shape index (κ3) is 4.94. The van der Waals surface area contributed by atoms with Gasteiger partial charge in [0.25, 0.3) is 5.69 Å². The number of hydrogen-bond acceptors (Lipinski definition) is 9. The van der Waals surface area contributed by atoms with E-state index in [1.807, 2.05) is 42.5 Å². The van der Waals surface area contributed by atoms with Crippen LogP contribution in [0.25, 0.3) is 5.57 Å². The maximum atomic E-state index is 15.2. The number of carbonyl (C=O) groups excluding carboxylic acids is 4. The fourth-order valence-corrected chi connectivity index (χ4v) is 9.31. The fraction of sp³-hybridized carbons (Fsp3) is 0.238. The van der Waals surface area contributed by atoms with Gasteiger partial charge in [0.15, 0.2) is 23.1 Å². The summed E-state index contributed by atoms with van der Waals surface area (Å²) in [5.74, 6) is -5.55. The molecule has 1 saturated carbocycles. The van der Waals surface area contributed by atoms with Crippen molar-refractivity contribution in [1.29, 1.82) is 0 Å². The average Bonchev–Trinajstić information content (AvgIpc) is 3.44. The number of ether oxygens (including phenoxy) is 2. The molecular weight excluding hydrogens is 676 g/mol. The van der Waals surface area contributed by atoms with E-state index in [1.54, 1.807) is 36.4 Å².